The maximum atomic E-state index is 12.0. The topological polar surface area (TPSA) is 75.6 Å². The van der Waals surface area contributed by atoms with E-state index in [1.165, 1.54) is 0 Å². The van der Waals surface area contributed by atoms with Crippen molar-refractivity contribution in [1.82, 2.24) is 5.32 Å². The Bertz CT molecular complexity index is 332. The lowest BCUT2D eigenvalue weighted by Gasteiger charge is -2.40. The molecule has 0 aliphatic heterocycles. The number of ether oxygens (including phenoxy) is 1. The molecule has 0 radical (unpaired) electrons. The van der Waals surface area contributed by atoms with Crippen molar-refractivity contribution in [3.8, 4) is 0 Å². The second-order valence-electron chi connectivity index (χ2n) is 5.47. The summed E-state index contributed by atoms with van der Waals surface area (Å²) in [6.07, 6.45) is 5.60. The van der Waals surface area contributed by atoms with E-state index < -0.39 is 11.9 Å². The third kappa shape index (κ3) is 2.66. The zero-order valence-electron chi connectivity index (χ0n) is 10.8. The molecule has 0 aromatic carbocycles. The van der Waals surface area contributed by atoms with Crippen LogP contribution in [0.4, 0.5) is 0 Å². The summed E-state index contributed by atoms with van der Waals surface area (Å²) in [6.45, 7) is 0. The van der Waals surface area contributed by atoms with E-state index >= 15 is 0 Å². The number of carboxylic acids is 1. The van der Waals surface area contributed by atoms with Gasteiger partial charge in [0.25, 0.3) is 0 Å². The number of hydrogen-bond donors (Lipinski definition) is 2. The first kappa shape index (κ1) is 13.3. The Labute approximate surface area is 107 Å². The number of carbonyl (C=O) groups is 2. The number of carboxylic acid groups (broad SMARTS) is 1. The molecular formula is C13H21NO4. The minimum Gasteiger partial charge on any atom is -0.481 e. The lowest BCUT2D eigenvalue weighted by molar-refractivity contribution is -0.142. The molecule has 1 amide bonds. The Morgan fingerprint density at radius 3 is 2.56 bits per heavy atom. The first-order chi connectivity index (χ1) is 8.56. The molecule has 2 fully saturated rings. The molecule has 2 N–H and O–H groups in total. The molecule has 2 atom stereocenters. The first-order valence-corrected chi connectivity index (χ1v) is 6.64. The van der Waals surface area contributed by atoms with E-state index in [0.29, 0.717) is 12.8 Å². The van der Waals surface area contributed by atoms with E-state index in [4.69, 9.17) is 9.84 Å². The van der Waals surface area contributed by atoms with Crippen LogP contribution in [0.5, 0.6) is 0 Å². The van der Waals surface area contributed by atoms with Gasteiger partial charge in [-0.3, -0.25) is 9.59 Å². The minimum absolute atomic E-state index is 0.0744. The van der Waals surface area contributed by atoms with Crippen molar-refractivity contribution in [2.75, 3.05) is 7.11 Å². The van der Waals surface area contributed by atoms with Crippen LogP contribution < -0.4 is 5.32 Å². The molecule has 2 saturated carbocycles. The van der Waals surface area contributed by atoms with E-state index in [1.54, 1.807) is 7.11 Å². The fourth-order valence-corrected chi connectivity index (χ4v) is 3.00. The maximum Gasteiger partial charge on any atom is 0.308 e. The van der Waals surface area contributed by atoms with Crippen LogP contribution in [-0.2, 0) is 14.3 Å². The predicted molar refractivity (Wildman–Crippen MR) is 65.1 cm³/mol. The predicted octanol–water partition coefficient (Wildman–Crippen LogP) is 1.32. The van der Waals surface area contributed by atoms with Crippen LogP contribution in [0.25, 0.3) is 0 Å². The van der Waals surface area contributed by atoms with Gasteiger partial charge < -0.3 is 15.2 Å². The molecule has 0 aromatic heterocycles. The van der Waals surface area contributed by atoms with Gasteiger partial charge in [0.2, 0.25) is 5.91 Å². The number of aliphatic carboxylic acids is 1. The van der Waals surface area contributed by atoms with Crippen molar-refractivity contribution in [3.63, 3.8) is 0 Å². The van der Waals surface area contributed by atoms with Gasteiger partial charge in [0, 0.05) is 13.2 Å². The third-order valence-corrected chi connectivity index (χ3v) is 4.36. The van der Waals surface area contributed by atoms with Crippen molar-refractivity contribution in [3.05, 3.63) is 0 Å². The fraction of sp³-hybridized carbons (Fsp3) is 0.846. The monoisotopic (exact) mass is 255 g/mol. The lowest BCUT2D eigenvalue weighted by atomic mass is 9.77. The van der Waals surface area contributed by atoms with E-state index in [0.717, 1.165) is 32.1 Å². The number of hydrogen-bond acceptors (Lipinski definition) is 3. The highest BCUT2D eigenvalue weighted by Crippen LogP contribution is 2.38. The minimum atomic E-state index is -0.803. The zero-order valence-corrected chi connectivity index (χ0v) is 10.8. The van der Waals surface area contributed by atoms with Crippen LogP contribution in [0.15, 0.2) is 0 Å². The summed E-state index contributed by atoms with van der Waals surface area (Å²) in [5.41, 5.74) is -0.290. The van der Waals surface area contributed by atoms with Gasteiger partial charge in [-0.1, -0.05) is 6.42 Å². The molecule has 0 aromatic rings. The molecule has 5 nitrogen and oxygen atoms in total. The largest absolute Gasteiger partial charge is 0.481 e. The van der Waals surface area contributed by atoms with Crippen molar-refractivity contribution in [2.24, 2.45) is 5.92 Å². The van der Waals surface area contributed by atoms with Gasteiger partial charge in [-0.2, -0.15) is 0 Å². The summed E-state index contributed by atoms with van der Waals surface area (Å²) in [5.74, 6) is -1.30. The van der Waals surface area contributed by atoms with E-state index in [-0.39, 0.29) is 17.6 Å². The molecule has 0 bridgehead atoms. The quantitative estimate of drug-likeness (QED) is 0.776. The highest BCUT2D eigenvalue weighted by Gasteiger charge is 2.40. The second-order valence-corrected chi connectivity index (χ2v) is 5.47. The molecule has 102 valence electrons. The van der Waals surface area contributed by atoms with Gasteiger partial charge in [-0.05, 0) is 32.1 Å². The molecule has 2 aliphatic carbocycles. The SMILES string of the molecule is COC1(CC(=O)N[C@@H]2CCC[C@@H]2C(=O)O)CCC1. The molecule has 0 saturated heterocycles. The second kappa shape index (κ2) is 5.26. The van der Waals surface area contributed by atoms with Crippen LogP contribution in [-0.4, -0.2) is 35.7 Å². The van der Waals surface area contributed by atoms with E-state index in [9.17, 15) is 9.59 Å². The van der Waals surface area contributed by atoms with Gasteiger partial charge in [-0.15, -0.1) is 0 Å². The van der Waals surface area contributed by atoms with Crippen LogP contribution >= 0.6 is 0 Å². The average molecular weight is 255 g/mol. The summed E-state index contributed by atoms with van der Waals surface area (Å²) in [5, 5.41) is 11.9. The van der Waals surface area contributed by atoms with Gasteiger partial charge in [0.15, 0.2) is 0 Å². The van der Waals surface area contributed by atoms with Gasteiger partial charge in [-0.25, -0.2) is 0 Å². The highest BCUT2D eigenvalue weighted by atomic mass is 16.5. The summed E-state index contributed by atoms with van der Waals surface area (Å²) >= 11 is 0. The Balaban J connectivity index is 1.85. The Morgan fingerprint density at radius 1 is 1.33 bits per heavy atom. The third-order valence-electron chi connectivity index (χ3n) is 4.36. The Morgan fingerprint density at radius 2 is 2.06 bits per heavy atom. The van der Waals surface area contributed by atoms with Crippen molar-refractivity contribution >= 4 is 11.9 Å². The summed E-state index contributed by atoms with van der Waals surface area (Å²) in [7, 11) is 1.64. The molecule has 0 spiro atoms. The van der Waals surface area contributed by atoms with E-state index in [2.05, 4.69) is 5.32 Å². The summed E-state index contributed by atoms with van der Waals surface area (Å²) in [6, 6.07) is -0.205. The fourth-order valence-electron chi connectivity index (χ4n) is 3.00. The normalized spacial score (nSPS) is 29.6. The van der Waals surface area contributed by atoms with Crippen molar-refractivity contribution < 1.29 is 19.4 Å². The van der Waals surface area contributed by atoms with Crippen LogP contribution in [0.1, 0.15) is 44.9 Å². The summed E-state index contributed by atoms with van der Waals surface area (Å²) < 4.78 is 5.41. The highest BCUT2D eigenvalue weighted by molar-refractivity contribution is 5.79. The number of carbonyl (C=O) groups excluding carboxylic acids is 1. The standard InChI is InChI=1S/C13H21NO4/c1-18-13(6-3-7-13)8-11(15)14-10-5-2-4-9(10)12(16)17/h9-10H,2-8H2,1H3,(H,14,15)(H,16,17)/t9-,10+/m0/s1. The average Bonchev–Trinajstić information content (AvgIpc) is 2.71. The maximum absolute atomic E-state index is 12.0. The number of methoxy groups -OCH3 is 1. The van der Waals surface area contributed by atoms with Crippen molar-refractivity contribution in [1.29, 1.82) is 0 Å². The number of rotatable bonds is 5. The smallest absolute Gasteiger partial charge is 0.308 e. The molecule has 18 heavy (non-hydrogen) atoms. The number of amides is 1. The molecule has 2 aliphatic rings. The Kier molecular flexibility index (Phi) is 3.90. The lowest BCUT2D eigenvalue weighted by Crippen LogP contribution is -2.47. The molecule has 0 heterocycles. The molecular weight excluding hydrogens is 234 g/mol. The van der Waals surface area contributed by atoms with Gasteiger partial charge in [0.1, 0.15) is 0 Å². The van der Waals surface area contributed by atoms with Crippen molar-refractivity contribution in [2.45, 2.75) is 56.6 Å². The molecule has 2 rings (SSSR count). The molecule has 0 unspecified atom stereocenters. The Hall–Kier alpha value is -1.10. The summed E-state index contributed by atoms with van der Waals surface area (Å²) in [4.78, 5) is 23.0. The van der Waals surface area contributed by atoms with Gasteiger partial charge in [0.05, 0.1) is 17.9 Å². The zero-order chi connectivity index (χ0) is 13.2. The van der Waals surface area contributed by atoms with Crippen LogP contribution in [0.2, 0.25) is 0 Å². The number of nitrogens with one attached hydrogen (secondary N) is 1. The molecule has 5 heteroatoms. The van der Waals surface area contributed by atoms with Crippen LogP contribution in [0.3, 0.4) is 0 Å². The first-order valence-electron chi connectivity index (χ1n) is 6.64. The van der Waals surface area contributed by atoms with Crippen LogP contribution in [0, 0.1) is 5.92 Å². The van der Waals surface area contributed by atoms with E-state index in [1.807, 2.05) is 0 Å². The van der Waals surface area contributed by atoms with Gasteiger partial charge >= 0.3 is 5.97 Å².